The van der Waals surface area contributed by atoms with E-state index in [1.54, 1.807) is 20.8 Å². The van der Waals surface area contributed by atoms with E-state index in [2.05, 4.69) is 0 Å². The lowest BCUT2D eigenvalue weighted by Crippen LogP contribution is -2.78. The standard InChI is InChI=1S/C11H22NO4S/c1-7-16-10(13)8-9(12(4,5)6)11(2,3)17(8,14)15/h8-9H,7H2,1-6H3/q+1/t8-,9+/m0/s1. The molecule has 6 heteroatoms. The van der Waals surface area contributed by atoms with Crippen LogP contribution >= 0.6 is 0 Å². The van der Waals surface area contributed by atoms with Gasteiger partial charge in [0, 0.05) is 0 Å². The first-order valence-electron chi connectivity index (χ1n) is 5.69. The molecule has 1 aliphatic heterocycles. The highest BCUT2D eigenvalue weighted by molar-refractivity contribution is 7.95. The largest absolute Gasteiger partial charge is 0.465 e. The Kier molecular flexibility index (Phi) is 3.35. The number of esters is 1. The number of sulfone groups is 1. The summed E-state index contributed by atoms with van der Waals surface area (Å²) in [5, 5.41) is -1.03. The molecule has 2 atom stereocenters. The fourth-order valence-electron chi connectivity index (χ4n) is 2.78. The van der Waals surface area contributed by atoms with Crippen LogP contribution in [0, 0.1) is 0 Å². The summed E-state index contributed by atoms with van der Waals surface area (Å²) in [6.07, 6.45) is 0. The van der Waals surface area contributed by atoms with Crippen LogP contribution in [0.25, 0.3) is 0 Å². The van der Waals surface area contributed by atoms with Crippen molar-refractivity contribution in [2.45, 2.75) is 36.8 Å². The Labute approximate surface area is 103 Å². The predicted molar refractivity (Wildman–Crippen MR) is 65.2 cm³/mol. The van der Waals surface area contributed by atoms with Crippen LogP contribution in [-0.4, -0.2) is 62.7 Å². The minimum atomic E-state index is -3.44. The van der Waals surface area contributed by atoms with Gasteiger partial charge < -0.3 is 9.22 Å². The third-order valence-electron chi connectivity index (χ3n) is 3.42. The van der Waals surface area contributed by atoms with E-state index in [4.69, 9.17) is 4.74 Å². The summed E-state index contributed by atoms with van der Waals surface area (Å²) in [4.78, 5) is 11.8. The average Bonchev–Trinajstić information content (AvgIpc) is 2.11. The number of nitrogens with zero attached hydrogens (tertiary/aromatic N) is 1. The predicted octanol–water partition coefficient (Wildman–Crippen LogP) is 0.200. The molecule has 5 nitrogen and oxygen atoms in total. The second-order valence-electron chi connectivity index (χ2n) is 5.88. The molecular weight excluding hydrogens is 242 g/mol. The van der Waals surface area contributed by atoms with Crippen LogP contribution < -0.4 is 0 Å². The van der Waals surface area contributed by atoms with Gasteiger partial charge >= 0.3 is 5.97 Å². The maximum absolute atomic E-state index is 12.1. The van der Waals surface area contributed by atoms with Gasteiger partial charge in [0.25, 0.3) is 0 Å². The number of ether oxygens (including phenoxy) is 1. The Morgan fingerprint density at radius 1 is 1.29 bits per heavy atom. The van der Waals surface area contributed by atoms with E-state index >= 15 is 0 Å². The fourth-order valence-corrected chi connectivity index (χ4v) is 5.36. The first-order chi connectivity index (χ1) is 7.48. The molecule has 100 valence electrons. The molecule has 1 aliphatic rings. The van der Waals surface area contributed by atoms with E-state index in [0.29, 0.717) is 4.48 Å². The Morgan fingerprint density at radius 2 is 1.76 bits per heavy atom. The smallest absolute Gasteiger partial charge is 0.330 e. The molecule has 0 saturated carbocycles. The molecule has 1 saturated heterocycles. The van der Waals surface area contributed by atoms with E-state index in [9.17, 15) is 13.2 Å². The maximum atomic E-state index is 12.1. The highest BCUT2D eigenvalue weighted by Gasteiger charge is 2.71. The molecule has 0 radical (unpaired) electrons. The number of carbonyl (C=O) groups excluding carboxylic acids is 1. The van der Waals surface area contributed by atoms with Crippen LogP contribution in [0.3, 0.4) is 0 Å². The lowest BCUT2D eigenvalue weighted by Gasteiger charge is -2.53. The second kappa shape index (κ2) is 3.95. The summed E-state index contributed by atoms with van der Waals surface area (Å²) in [7, 11) is 2.24. The summed E-state index contributed by atoms with van der Waals surface area (Å²) in [6.45, 7) is 5.23. The molecule has 0 unspecified atom stereocenters. The monoisotopic (exact) mass is 264 g/mol. The van der Waals surface area contributed by atoms with E-state index in [0.717, 1.165) is 0 Å². The van der Waals surface area contributed by atoms with E-state index < -0.39 is 25.8 Å². The molecule has 0 aromatic heterocycles. The highest BCUT2D eigenvalue weighted by atomic mass is 32.2. The summed E-state index contributed by atoms with van der Waals surface area (Å²) in [5.74, 6) is -0.620. The minimum absolute atomic E-state index is 0.204. The summed E-state index contributed by atoms with van der Waals surface area (Å²) in [5.41, 5.74) is 0. The van der Waals surface area contributed by atoms with Crippen molar-refractivity contribution in [3.63, 3.8) is 0 Å². The number of quaternary nitrogens is 1. The van der Waals surface area contributed by atoms with Crippen molar-refractivity contribution >= 4 is 15.8 Å². The third kappa shape index (κ3) is 1.97. The fraction of sp³-hybridized carbons (Fsp3) is 0.909. The van der Waals surface area contributed by atoms with Gasteiger partial charge in [0.2, 0.25) is 5.25 Å². The van der Waals surface area contributed by atoms with Crippen molar-refractivity contribution in [1.29, 1.82) is 0 Å². The number of hydrogen-bond donors (Lipinski definition) is 0. The van der Waals surface area contributed by atoms with Crippen LogP contribution in [0.1, 0.15) is 20.8 Å². The maximum Gasteiger partial charge on any atom is 0.330 e. The molecule has 0 aliphatic carbocycles. The summed E-state index contributed by atoms with van der Waals surface area (Å²) in [6, 6.07) is -0.272. The summed E-state index contributed by atoms with van der Waals surface area (Å²) >= 11 is 0. The van der Waals surface area contributed by atoms with Crippen molar-refractivity contribution in [3.8, 4) is 0 Å². The van der Waals surface area contributed by atoms with Crippen LogP contribution in [0.15, 0.2) is 0 Å². The molecule has 1 rings (SSSR count). The van der Waals surface area contributed by atoms with Crippen molar-refractivity contribution in [1.82, 2.24) is 0 Å². The molecule has 0 N–H and O–H groups in total. The van der Waals surface area contributed by atoms with Gasteiger partial charge in [-0.05, 0) is 20.8 Å². The van der Waals surface area contributed by atoms with Crippen LogP contribution in [0.2, 0.25) is 0 Å². The quantitative estimate of drug-likeness (QED) is 0.540. The lowest BCUT2D eigenvalue weighted by molar-refractivity contribution is -0.899. The summed E-state index contributed by atoms with van der Waals surface area (Å²) < 4.78 is 28.7. The molecule has 0 spiro atoms. The first-order valence-corrected chi connectivity index (χ1v) is 7.23. The van der Waals surface area contributed by atoms with E-state index in [-0.39, 0.29) is 12.6 Å². The van der Waals surface area contributed by atoms with Gasteiger partial charge in [-0.1, -0.05) is 0 Å². The second-order valence-corrected chi connectivity index (χ2v) is 8.53. The first kappa shape index (κ1) is 14.4. The van der Waals surface area contributed by atoms with Crippen molar-refractivity contribution < 1.29 is 22.4 Å². The molecule has 0 amide bonds. The van der Waals surface area contributed by atoms with Gasteiger partial charge in [-0.15, -0.1) is 0 Å². The van der Waals surface area contributed by atoms with Gasteiger partial charge in [-0.3, -0.25) is 4.79 Å². The van der Waals surface area contributed by atoms with E-state index in [1.807, 2.05) is 21.1 Å². The van der Waals surface area contributed by atoms with Gasteiger partial charge in [0.1, 0.15) is 10.8 Å². The Morgan fingerprint density at radius 3 is 2.12 bits per heavy atom. The van der Waals surface area contributed by atoms with E-state index in [1.165, 1.54) is 0 Å². The van der Waals surface area contributed by atoms with Crippen molar-refractivity contribution in [2.24, 2.45) is 0 Å². The van der Waals surface area contributed by atoms with Gasteiger partial charge in [0.05, 0.1) is 27.7 Å². The van der Waals surface area contributed by atoms with Gasteiger partial charge in [0.15, 0.2) is 9.84 Å². The molecule has 1 fully saturated rings. The Hall–Kier alpha value is -0.620. The van der Waals surface area contributed by atoms with Crippen LogP contribution in [0.4, 0.5) is 0 Å². The van der Waals surface area contributed by atoms with Crippen molar-refractivity contribution in [3.05, 3.63) is 0 Å². The van der Waals surface area contributed by atoms with Crippen LogP contribution in [-0.2, 0) is 19.4 Å². The number of hydrogen-bond acceptors (Lipinski definition) is 4. The van der Waals surface area contributed by atoms with Gasteiger partial charge in [-0.25, -0.2) is 8.42 Å². The van der Waals surface area contributed by atoms with Gasteiger partial charge in [-0.2, -0.15) is 0 Å². The third-order valence-corrected chi connectivity index (χ3v) is 6.25. The van der Waals surface area contributed by atoms with Crippen LogP contribution in [0.5, 0.6) is 0 Å². The zero-order chi connectivity index (χ0) is 13.6. The number of rotatable bonds is 3. The average molecular weight is 264 g/mol. The molecular formula is C11H22NO4S+. The molecule has 0 bridgehead atoms. The molecule has 0 aromatic carbocycles. The lowest BCUT2D eigenvalue weighted by atomic mass is 9.94. The topological polar surface area (TPSA) is 60.4 Å². The molecule has 17 heavy (non-hydrogen) atoms. The molecule has 1 heterocycles. The number of carbonyl (C=O) groups is 1. The normalized spacial score (nSPS) is 30.5. The zero-order valence-corrected chi connectivity index (χ0v) is 12.2. The Bertz CT molecular complexity index is 419. The SMILES string of the molecule is CCOC(=O)[C@@H]1[C@@H]([N+](C)(C)C)C(C)(C)S1(=O)=O. The highest BCUT2D eigenvalue weighted by Crippen LogP contribution is 2.45. The molecule has 0 aromatic rings. The van der Waals surface area contributed by atoms with Crippen molar-refractivity contribution in [2.75, 3.05) is 27.7 Å². The minimum Gasteiger partial charge on any atom is -0.465 e. The zero-order valence-electron chi connectivity index (χ0n) is 11.4. The Balaban J connectivity index is 3.16.